The van der Waals surface area contributed by atoms with Gasteiger partial charge in [-0.3, -0.25) is 0 Å². The Morgan fingerprint density at radius 3 is 2.50 bits per heavy atom. The maximum atomic E-state index is 12.3. The maximum Gasteiger partial charge on any atom is 0.335 e. The molecule has 2 aliphatic rings. The highest BCUT2D eigenvalue weighted by atomic mass is 16.5. The number of morpholine rings is 1. The molecule has 7 nitrogen and oxygen atoms in total. The van der Waals surface area contributed by atoms with Gasteiger partial charge in [-0.05, 0) is 37.1 Å². The van der Waals surface area contributed by atoms with E-state index in [2.05, 4.69) is 10.2 Å². The average molecular weight is 333 g/mol. The SMILES string of the molecule is O=C(O)c1ccc(N2CCCC(NC(=O)N3CCOCC3)C2)cc1. The number of benzene rings is 1. The van der Waals surface area contributed by atoms with Crippen LogP contribution in [-0.2, 0) is 4.74 Å². The summed E-state index contributed by atoms with van der Waals surface area (Å²) in [5, 5.41) is 12.1. The van der Waals surface area contributed by atoms with Crippen molar-refractivity contribution in [3.05, 3.63) is 29.8 Å². The second-order valence-corrected chi connectivity index (χ2v) is 6.19. The van der Waals surface area contributed by atoms with Gasteiger partial charge in [0.25, 0.3) is 0 Å². The van der Waals surface area contributed by atoms with Gasteiger partial charge in [-0.15, -0.1) is 0 Å². The van der Waals surface area contributed by atoms with E-state index in [0.29, 0.717) is 26.3 Å². The number of rotatable bonds is 3. The van der Waals surface area contributed by atoms with Gasteiger partial charge in [-0.1, -0.05) is 0 Å². The number of hydrogen-bond acceptors (Lipinski definition) is 4. The molecular formula is C17H23N3O4. The lowest BCUT2D eigenvalue weighted by atomic mass is 10.0. The number of aromatic carboxylic acids is 1. The number of amides is 2. The lowest BCUT2D eigenvalue weighted by Crippen LogP contribution is -2.53. The number of urea groups is 1. The molecule has 24 heavy (non-hydrogen) atoms. The minimum Gasteiger partial charge on any atom is -0.478 e. The van der Waals surface area contributed by atoms with Crippen molar-refractivity contribution >= 4 is 17.7 Å². The third kappa shape index (κ3) is 3.97. The molecule has 2 fully saturated rings. The van der Waals surface area contributed by atoms with Gasteiger partial charge in [0.2, 0.25) is 0 Å². The van der Waals surface area contributed by atoms with Crippen LogP contribution in [0.3, 0.4) is 0 Å². The molecule has 1 aromatic rings. The normalized spacial score (nSPS) is 21.4. The monoisotopic (exact) mass is 333 g/mol. The van der Waals surface area contributed by atoms with Crippen LogP contribution in [0.25, 0.3) is 0 Å². The molecule has 0 aromatic heterocycles. The number of carbonyl (C=O) groups excluding carboxylic acids is 1. The first-order valence-corrected chi connectivity index (χ1v) is 8.35. The van der Waals surface area contributed by atoms with Crippen molar-refractivity contribution in [1.82, 2.24) is 10.2 Å². The van der Waals surface area contributed by atoms with E-state index in [1.165, 1.54) is 0 Å². The number of carboxylic acids is 1. The molecule has 2 heterocycles. The molecule has 2 amide bonds. The predicted molar refractivity (Wildman–Crippen MR) is 89.6 cm³/mol. The number of anilines is 1. The Balaban J connectivity index is 1.57. The van der Waals surface area contributed by atoms with Crippen molar-refractivity contribution in [3.63, 3.8) is 0 Å². The van der Waals surface area contributed by atoms with Crippen LogP contribution >= 0.6 is 0 Å². The number of nitrogens with zero attached hydrogens (tertiary/aromatic N) is 2. The largest absolute Gasteiger partial charge is 0.478 e. The van der Waals surface area contributed by atoms with Crippen molar-refractivity contribution in [2.45, 2.75) is 18.9 Å². The van der Waals surface area contributed by atoms with Crippen molar-refractivity contribution in [1.29, 1.82) is 0 Å². The van der Waals surface area contributed by atoms with Crippen LogP contribution in [0.5, 0.6) is 0 Å². The zero-order valence-corrected chi connectivity index (χ0v) is 13.6. The van der Waals surface area contributed by atoms with Crippen molar-refractivity contribution in [2.75, 3.05) is 44.3 Å². The summed E-state index contributed by atoms with van der Waals surface area (Å²) in [4.78, 5) is 27.2. The molecule has 0 bridgehead atoms. The molecule has 0 saturated carbocycles. The summed E-state index contributed by atoms with van der Waals surface area (Å²) in [5.41, 5.74) is 1.28. The van der Waals surface area contributed by atoms with Crippen LogP contribution < -0.4 is 10.2 Å². The highest BCUT2D eigenvalue weighted by Gasteiger charge is 2.24. The molecule has 2 N–H and O–H groups in total. The molecule has 130 valence electrons. The molecule has 0 aliphatic carbocycles. The number of nitrogens with one attached hydrogen (secondary N) is 1. The lowest BCUT2D eigenvalue weighted by Gasteiger charge is -2.36. The summed E-state index contributed by atoms with van der Waals surface area (Å²) in [6.45, 7) is 4.12. The first kappa shape index (κ1) is 16.6. The van der Waals surface area contributed by atoms with Crippen LogP contribution in [0.1, 0.15) is 23.2 Å². The van der Waals surface area contributed by atoms with Gasteiger partial charge in [0.05, 0.1) is 18.8 Å². The summed E-state index contributed by atoms with van der Waals surface area (Å²) in [6, 6.07) is 6.98. The van der Waals surface area contributed by atoms with E-state index in [0.717, 1.165) is 31.6 Å². The summed E-state index contributed by atoms with van der Waals surface area (Å²) in [5.74, 6) is -0.921. The van der Waals surface area contributed by atoms with E-state index >= 15 is 0 Å². The summed E-state index contributed by atoms with van der Waals surface area (Å²) in [6.07, 6.45) is 1.95. The molecule has 1 unspecified atom stereocenters. The van der Waals surface area contributed by atoms with Gasteiger partial charge >= 0.3 is 12.0 Å². The Kier molecular flexibility index (Phi) is 5.20. The van der Waals surface area contributed by atoms with Crippen LogP contribution in [0.15, 0.2) is 24.3 Å². The van der Waals surface area contributed by atoms with E-state index in [4.69, 9.17) is 9.84 Å². The highest BCUT2D eigenvalue weighted by molar-refractivity contribution is 5.88. The minimum absolute atomic E-state index is 0.0219. The standard InChI is InChI=1S/C17H23N3O4/c21-16(22)13-3-5-15(6-4-13)20-7-1-2-14(12-20)18-17(23)19-8-10-24-11-9-19/h3-6,14H,1-2,7-12H2,(H,18,23)(H,21,22). The third-order valence-electron chi connectivity index (χ3n) is 4.53. The van der Waals surface area contributed by atoms with Gasteiger partial charge in [-0.25, -0.2) is 9.59 Å². The molecule has 0 spiro atoms. The molecule has 1 atom stereocenters. The number of carbonyl (C=O) groups is 2. The van der Waals surface area contributed by atoms with E-state index in [1.54, 1.807) is 17.0 Å². The minimum atomic E-state index is -0.921. The Hall–Kier alpha value is -2.28. The number of carboxylic acid groups (broad SMARTS) is 1. The third-order valence-corrected chi connectivity index (χ3v) is 4.53. The first-order chi connectivity index (χ1) is 11.6. The Labute approximate surface area is 141 Å². The molecule has 2 saturated heterocycles. The van der Waals surface area contributed by atoms with E-state index in [9.17, 15) is 9.59 Å². The van der Waals surface area contributed by atoms with E-state index in [-0.39, 0.29) is 17.6 Å². The average Bonchev–Trinajstić information content (AvgIpc) is 2.63. The van der Waals surface area contributed by atoms with Crippen LogP contribution in [0, 0.1) is 0 Å². The van der Waals surface area contributed by atoms with Gasteiger partial charge in [-0.2, -0.15) is 0 Å². The van der Waals surface area contributed by atoms with E-state index < -0.39 is 5.97 Å². The quantitative estimate of drug-likeness (QED) is 0.874. The number of piperidine rings is 1. The van der Waals surface area contributed by atoms with Crippen molar-refractivity contribution in [3.8, 4) is 0 Å². The molecule has 0 radical (unpaired) electrons. The molecular weight excluding hydrogens is 310 g/mol. The number of hydrogen-bond donors (Lipinski definition) is 2. The van der Waals surface area contributed by atoms with Crippen LogP contribution in [0.4, 0.5) is 10.5 Å². The topological polar surface area (TPSA) is 82.1 Å². The van der Waals surface area contributed by atoms with E-state index in [1.807, 2.05) is 12.1 Å². The van der Waals surface area contributed by atoms with Gasteiger partial charge < -0.3 is 25.0 Å². The first-order valence-electron chi connectivity index (χ1n) is 8.35. The summed E-state index contributed by atoms with van der Waals surface area (Å²) >= 11 is 0. The highest BCUT2D eigenvalue weighted by Crippen LogP contribution is 2.21. The Morgan fingerprint density at radius 2 is 1.83 bits per heavy atom. The van der Waals surface area contributed by atoms with Crippen molar-refractivity contribution < 1.29 is 19.4 Å². The number of ether oxygens (including phenoxy) is 1. The summed E-state index contributed by atoms with van der Waals surface area (Å²) in [7, 11) is 0. The zero-order valence-electron chi connectivity index (χ0n) is 13.6. The van der Waals surface area contributed by atoms with Crippen molar-refractivity contribution in [2.24, 2.45) is 0 Å². The fourth-order valence-electron chi connectivity index (χ4n) is 3.18. The smallest absolute Gasteiger partial charge is 0.335 e. The van der Waals surface area contributed by atoms with Crippen LogP contribution in [-0.4, -0.2) is 67.4 Å². The van der Waals surface area contributed by atoms with Gasteiger partial charge in [0.1, 0.15) is 0 Å². The van der Waals surface area contributed by atoms with Crippen LogP contribution in [0.2, 0.25) is 0 Å². The lowest BCUT2D eigenvalue weighted by molar-refractivity contribution is 0.0523. The van der Waals surface area contributed by atoms with Gasteiger partial charge in [0.15, 0.2) is 0 Å². The predicted octanol–water partition coefficient (Wildman–Crippen LogP) is 1.40. The summed E-state index contributed by atoms with van der Waals surface area (Å²) < 4.78 is 5.27. The molecule has 1 aromatic carbocycles. The Morgan fingerprint density at radius 1 is 1.12 bits per heavy atom. The fraction of sp³-hybridized carbons (Fsp3) is 0.529. The molecule has 2 aliphatic heterocycles. The Bertz CT molecular complexity index is 584. The molecule has 3 rings (SSSR count). The second kappa shape index (κ2) is 7.53. The fourth-order valence-corrected chi connectivity index (χ4v) is 3.18. The second-order valence-electron chi connectivity index (χ2n) is 6.19. The maximum absolute atomic E-state index is 12.3. The zero-order chi connectivity index (χ0) is 16.9. The van der Waals surface area contributed by atoms with Gasteiger partial charge in [0, 0.05) is 37.9 Å². The molecule has 7 heteroatoms.